The molecule has 1 aromatic heterocycles. The van der Waals surface area contributed by atoms with Crippen LogP contribution in [0.4, 0.5) is 0 Å². The van der Waals surface area contributed by atoms with Crippen LogP contribution in [0.5, 0.6) is 0 Å². The highest BCUT2D eigenvalue weighted by atomic mass is 16.8. The first-order valence-electron chi connectivity index (χ1n) is 12.7. The maximum atomic E-state index is 13.1. The van der Waals surface area contributed by atoms with Crippen molar-refractivity contribution in [1.29, 1.82) is 0 Å². The van der Waals surface area contributed by atoms with Gasteiger partial charge in [0.15, 0.2) is 11.6 Å². The predicted molar refractivity (Wildman–Crippen MR) is 126 cm³/mol. The summed E-state index contributed by atoms with van der Waals surface area (Å²) in [5.74, 6) is 0.457. The molecule has 6 rings (SSSR count). The van der Waals surface area contributed by atoms with E-state index in [1.54, 1.807) is 6.26 Å². The van der Waals surface area contributed by atoms with Crippen LogP contribution in [0, 0.1) is 33.5 Å². The van der Waals surface area contributed by atoms with Gasteiger partial charge in [-0.2, -0.15) is 0 Å². The van der Waals surface area contributed by atoms with E-state index in [-0.39, 0.29) is 40.2 Å². The number of hydrogen-bond acceptors (Lipinski definition) is 4. The second-order valence-electron chi connectivity index (χ2n) is 13.0. The van der Waals surface area contributed by atoms with Crippen LogP contribution in [0.25, 0.3) is 0 Å². The van der Waals surface area contributed by atoms with Crippen LogP contribution in [-0.4, -0.2) is 23.8 Å². The van der Waals surface area contributed by atoms with Gasteiger partial charge in [-0.3, -0.25) is 4.79 Å². The second kappa shape index (κ2) is 6.31. The molecule has 2 saturated carbocycles. The van der Waals surface area contributed by atoms with Crippen molar-refractivity contribution in [3.05, 3.63) is 48.0 Å². The third-order valence-electron chi connectivity index (χ3n) is 10.6. The minimum atomic E-state index is -0.661. The SMILES string of the molecule is CC1(C)O[C@H]2[C@@H](O1)[C@@]1(C)C3=CC[C@@H](c4ccoc4)[C@]3(C)CC[C@@H]1[C@@]1(C)C=CC(=O)C(C)(C)[C@H]21. The summed E-state index contributed by atoms with van der Waals surface area (Å²) in [6.45, 7) is 15.6. The van der Waals surface area contributed by atoms with Gasteiger partial charge in [-0.1, -0.05) is 52.3 Å². The number of rotatable bonds is 1. The van der Waals surface area contributed by atoms with Gasteiger partial charge in [0.2, 0.25) is 0 Å². The number of ether oxygens (including phenoxy) is 2. The van der Waals surface area contributed by atoms with Crippen LogP contribution in [0.1, 0.15) is 79.2 Å². The molecule has 8 atom stereocenters. The van der Waals surface area contributed by atoms with E-state index in [4.69, 9.17) is 13.9 Å². The van der Waals surface area contributed by atoms with E-state index < -0.39 is 11.2 Å². The zero-order valence-corrected chi connectivity index (χ0v) is 21.1. The molecule has 1 aliphatic heterocycles. The summed E-state index contributed by atoms with van der Waals surface area (Å²) in [7, 11) is 0. The standard InChI is InChI=1S/C29H38O4/c1-25(2)21(30)11-14-28(6)20-10-13-27(5)18(17-12-15-31-16-17)8-9-19(27)29(20,7)24-22(23(25)28)32-26(3,4)33-24/h9,11-12,14-16,18,20,22-24H,8,10,13H2,1-7H3/t18-,20+,22+,23-,24+,27-,28+,29-/m0/s1. The average Bonchev–Trinajstić information content (AvgIpc) is 3.42. The van der Waals surface area contributed by atoms with Crippen LogP contribution in [0.15, 0.2) is 46.8 Å². The molecule has 4 heteroatoms. The van der Waals surface area contributed by atoms with Gasteiger partial charge in [0.05, 0.1) is 24.7 Å². The largest absolute Gasteiger partial charge is 0.472 e. The van der Waals surface area contributed by atoms with Crippen LogP contribution in [0.3, 0.4) is 0 Å². The molecule has 0 spiro atoms. The molecule has 1 saturated heterocycles. The van der Waals surface area contributed by atoms with Crippen LogP contribution >= 0.6 is 0 Å². The lowest BCUT2D eigenvalue weighted by Gasteiger charge is -2.67. The van der Waals surface area contributed by atoms with E-state index in [2.05, 4.69) is 52.8 Å². The Kier molecular flexibility index (Phi) is 4.18. The van der Waals surface area contributed by atoms with Crippen LogP contribution in [-0.2, 0) is 14.3 Å². The van der Waals surface area contributed by atoms with Crippen LogP contribution < -0.4 is 0 Å². The van der Waals surface area contributed by atoms with E-state index in [9.17, 15) is 4.79 Å². The quantitative estimate of drug-likeness (QED) is 0.462. The van der Waals surface area contributed by atoms with Crippen molar-refractivity contribution in [2.45, 2.75) is 91.6 Å². The van der Waals surface area contributed by atoms with Gasteiger partial charge < -0.3 is 13.9 Å². The number of allylic oxidation sites excluding steroid dienone is 3. The molecule has 5 aliphatic rings. The topological polar surface area (TPSA) is 48.7 Å². The first-order valence-corrected chi connectivity index (χ1v) is 12.7. The number of ketones is 1. The smallest absolute Gasteiger partial charge is 0.163 e. The second-order valence-corrected chi connectivity index (χ2v) is 13.0. The molecule has 3 fully saturated rings. The molecule has 0 unspecified atom stereocenters. The van der Waals surface area contributed by atoms with E-state index in [1.807, 2.05) is 26.2 Å². The van der Waals surface area contributed by atoms with E-state index in [0.29, 0.717) is 11.8 Å². The van der Waals surface area contributed by atoms with Crippen molar-refractivity contribution in [1.82, 2.24) is 0 Å². The van der Waals surface area contributed by atoms with Gasteiger partial charge in [-0.05, 0) is 73.5 Å². The summed E-state index contributed by atoms with van der Waals surface area (Å²) >= 11 is 0. The lowest BCUT2D eigenvalue weighted by Crippen LogP contribution is -2.68. The molecule has 4 nitrogen and oxygen atoms in total. The minimum absolute atomic E-state index is 0.0666. The molecule has 2 heterocycles. The molecule has 0 aromatic carbocycles. The van der Waals surface area contributed by atoms with Gasteiger partial charge >= 0.3 is 0 Å². The highest BCUT2D eigenvalue weighted by Gasteiger charge is 2.73. The lowest BCUT2D eigenvalue weighted by molar-refractivity contribution is -0.180. The van der Waals surface area contributed by atoms with Crippen molar-refractivity contribution in [3.8, 4) is 0 Å². The minimum Gasteiger partial charge on any atom is -0.472 e. The van der Waals surface area contributed by atoms with Crippen molar-refractivity contribution in [2.75, 3.05) is 0 Å². The highest BCUT2D eigenvalue weighted by Crippen LogP contribution is 2.74. The fourth-order valence-corrected chi connectivity index (χ4v) is 9.38. The summed E-state index contributed by atoms with van der Waals surface area (Å²) in [6.07, 6.45) is 13.5. The Labute approximate surface area is 197 Å². The van der Waals surface area contributed by atoms with Crippen molar-refractivity contribution < 1.29 is 18.7 Å². The fourth-order valence-electron chi connectivity index (χ4n) is 9.38. The molecule has 1 aromatic rings. The van der Waals surface area contributed by atoms with Crippen molar-refractivity contribution in [3.63, 3.8) is 0 Å². The van der Waals surface area contributed by atoms with E-state index >= 15 is 0 Å². The fraction of sp³-hybridized carbons (Fsp3) is 0.690. The molecule has 0 radical (unpaired) electrons. The normalized spacial score (nSPS) is 49.1. The highest BCUT2D eigenvalue weighted by molar-refractivity contribution is 5.96. The molecular weight excluding hydrogens is 412 g/mol. The van der Waals surface area contributed by atoms with Gasteiger partial charge in [0.25, 0.3) is 0 Å². The number of hydrogen-bond donors (Lipinski definition) is 0. The van der Waals surface area contributed by atoms with Gasteiger partial charge in [0, 0.05) is 16.7 Å². The Hall–Kier alpha value is -1.65. The molecule has 33 heavy (non-hydrogen) atoms. The maximum Gasteiger partial charge on any atom is 0.163 e. The Balaban J connectivity index is 1.53. The number of furan rings is 1. The molecular formula is C29H38O4. The molecule has 0 amide bonds. The Morgan fingerprint density at radius 3 is 2.48 bits per heavy atom. The van der Waals surface area contributed by atoms with Gasteiger partial charge in [-0.15, -0.1) is 0 Å². The Morgan fingerprint density at radius 1 is 1.03 bits per heavy atom. The Bertz CT molecular complexity index is 1060. The monoisotopic (exact) mass is 450 g/mol. The summed E-state index contributed by atoms with van der Waals surface area (Å²) in [4.78, 5) is 13.1. The zero-order chi connectivity index (χ0) is 23.6. The molecule has 178 valence electrons. The summed E-state index contributed by atoms with van der Waals surface area (Å²) in [5, 5.41) is 0. The van der Waals surface area contributed by atoms with Crippen LogP contribution in [0.2, 0.25) is 0 Å². The van der Waals surface area contributed by atoms with Crippen molar-refractivity contribution >= 4 is 5.78 Å². The predicted octanol–water partition coefficient (Wildman–Crippen LogP) is 6.44. The zero-order valence-electron chi connectivity index (χ0n) is 21.1. The van der Waals surface area contributed by atoms with Gasteiger partial charge in [0.1, 0.15) is 0 Å². The molecule has 4 aliphatic carbocycles. The van der Waals surface area contributed by atoms with Gasteiger partial charge in [-0.25, -0.2) is 0 Å². The maximum absolute atomic E-state index is 13.1. The third-order valence-corrected chi connectivity index (χ3v) is 10.6. The van der Waals surface area contributed by atoms with E-state index in [1.165, 1.54) is 11.1 Å². The average molecular weight is 451 g/mol. The molecule has 0 N–H and O–H groups in total. The summed E-state index contributed by atoms with van der Waals surface area (Å²) in [6, 6.07) is 2.14. The number of carbonyl (C=O) groups is 1. The lowest BCUT2D eigenvalue weighted by atomic mass is 9.38. The Morgan fingerprint density at radius 2 is 1.79 bits per heavy atom. The van der Waals surface area contributed by atoms with Crippen molar-refractivity contribution in [2.24, 2.45) is 33.5 Å². The van der Waals surface area contributed by atoms with E-state index in [0.717, 1.165) is 19.3 Å². The number of carbonyl (C=O) groups excluding carboxylic acids is 1. The summed E-state index contributed by atoms with van der Waals surface area (Å²) < 4.78 is 19.0. The first kappa shape index (κ1) is 21.9. The summed E-state index contributed by atoms with van der Waals surface area (Å²) in [5.41, 5.74) is 2.14. The molecule has 0 bridgehead atoms. The third kappa shape index (κ3) is 2.52. The first-order chi connectivity index (χ1) is 15.4. The number of fused-ring (bicyclic) bond motifs is 8.